The molecule has 3 N–H and O–H groups in total. The summed E-state index contributed by atoms with van der Waals surface area (Å²) in [6, 6.07) is 2.50. The van der Waals surface area contributed by atoms with Crippen LogP contribution < -0.4 is 16.0 Å². The monoisotopic (exact) mass is 363 g/mol. The molecule has 132 valence electrons. The van der Waals surface area contributed by atoms with Crippen molar-refractivity contribution in [1.82, 2.24) is 5.32 Å². The van der Waals surface area contributed by atoms with E-state index < -0.39 is 17.9 Å². The maximum Gasteiger partial charge on any atom is 0.340 e. The lowest BCUT2D eigenvalue weighted by Gasteiger charge is -2.16. The van der Waals surface area contributed by atoms with Gasteiger partial charge >= 0.3 is 5.97 Å². The molecule has 0 aliphatic carbocycles. The van der Waals surface area contributed by atoms with Gasteiger partial charge in [0.05, 0.1) is 24.8 Å². The number of thiophene rings is 1. The van der Waals surface area contributed by atoms with Crippen LogP contribution in [0.25, 0.3) is 0 Å². The average Bonchev–Trinajstić information content (AvgIpc) is 3.34. The van der Waals surface area contributed by atoms with Crippen molar-refractivity contribution < 1.29 is 23.5 Å². The minimum atomic E-state index is -0.656. The van der Waals surface area contributed by atoms with Gasteiger partial charge in [-0.2, -0.15) is 0 Å². The molecule has 1 unspecified atom stereocenters. The second-order valence-corrected chi connectivity index (χ2v) is 6.34. The maximum atomic E-state index is 12.6. The maximum absolute atomic E-state index is 12.6. The highest BCUT2D eigenvalue weighted by Crippen LogP contribution is 2.31. The fourth-order valence-corrected chi connectivity index (χ4v) is 3.56. The molecule has 9 heteroatoms. The molecule has 2 amide bonds. The first-order chi connectivity index (χ1) is 12.0. The van der Waals surface area contributed by atoms with E-state index in [1.807, 2.05) is 0 Å². The van der Waals surface area contributed by atoms with E-state index in [0.717, 1.165) is 0 Å². The zero-order chi connectivity index (χ0) is 18.0. The summed E-state index contributed by atoms with van der Waals surface area (Å²) in [4.78, 5) is 38.1. The SMILES string of the molecule is COC(=O)c1ccsc1N1CCC(NC(=O)c2coc(CN)c2)C1=O. The van der Waals surface area contributed by atoms with Crippen LogP contribution in [-0.4, -0.2) is 37.5 Å². The highest BCUT2D eigenvalue weighted by atomic mass is 32.1. The zero-order valence-corrected chi connectivity index (χ0v) is 14.3. The number of nitrogens with two attached hydrogens (primary N) is 1. The molecule has 1 aliphatic rings. The number of ether oxygens (including phenoxy) is 1. The molecule has 0 spiro atoms. The van der Waals surface area contributed by atoms with Gasteiger partial charge in [0.2, 0.25) is 5.91 Å². The van der Waals surface area contributed by atoms with E-state index in [-0.39, 0.29) is 12.5 Å². The van der Waals surface area contributed by atoms with E-state index in [1.54, 1.807) is 17.5 Å². The lowest BCUT2D eigenvalue weighted by Crippen LogP contribution is -2.41. The third-order valence-electron chi connectivity index (χ3n) is 3.92. The molecule has 1 atom stereocenters. The van der Waals surface area contributed by atoms with E-state index in [2.05, 4.69) is 5.32 Å². The molecular weight excluding hydrogens is 346 g/mol. The van der Waals surface area contributed by atoms with E-state index in [1.165, 1.54) is 29.6 Å². The van der Waals surface area contributed by atoms with E-state index in [0.29, 0.717) is 34.9 Å². The average molecular weight is 363 g/mol. The fraction of sp³-hybridized carbons (Fsp3) is 0.312. The smallest absolute Gasteiger partial charge is 0.340 e. The Hall–Kier alpha value is -2.65. The van der Waals surface area contributed by atoms with Gasteiger partial charge in [0.15, 0.2) is 0 Å². The predicted molar refractivity (Wildman–Crippen MR) is 90.5 cm³/mol. The van der Waals surface area contributed by atoms with Crippen LogP contribution in [0.4, 0.5) is 5.00 Å². The molecule has 1 saturated heterocycles. The van der Waals surface area contributed by atoms with Crippen molar-refractivity contribution in [3.8, 4) is 0 Å². The highest BCUT2D eigenvalue weighted by molar-refractivity contribution is 7.14. The highest BCUT2D eigenvalue weighted by Gasteiger charge is 2.36. The molecular formula is C16H17N3O5S. The molecule has 0 aromatic carbocycles. The Kier molecular flexibility index (Phi) is 4.86. The molecule has 0 radical (unpaired) electrons. The number of furan rings is 1. The molecule has 0 bridgehead atoms. The number of methoxy groups -OCH3 is 1. The van der Waals surface area contributed by atoms with Gasteiger partial charge in [0, 0.05) is 6.54 Å². The first-order valence-corrected chi connectivity index (χ1v) is 8.48. The van der Waals surface area contributed by atoms with Crippen LogP contribution in [0.5, 0.6) is 0 Å². The van der Waals surface area contributed by atoms with Gasteiger partial charge in [-0.1, -0.05) is 0 Å². The summed E-state index contributed by atoms with van der Waals surface area (Å²) >= 11 is 1.28. The van der Waals surface area contributed by atoms with Crippen molar-refractivity contribution >= 4 is 34.1 Å². The van der Waals surface area contributed by atoms with Gasteiger partial charge in [-0.05, 0) is 23.9 Å². The normalized spacial score (nSPS) is 17.0. The van der Waals surface area contributed by atoms with Gasteiger partial charge < -0.3 is 25.1 Å². The van der Waals surface area contributed by atoms with Gasteiger partial charge in [-0.15, -0.1) is 11.3 Å². The summed E-state index contributed by atoms with van der Waals surface area (Å²) in [5.41, 5.74) is 6.11. The first kappa shape index (κ1) is 17.2. The van der Waals surface area contributed by atoms with Crippen molar-refractivity contribution in [3.63, 3.8) is 0 Å². The van der Waals surface area contributed by atoms with Crippen molar-refractivity contribution in [2.75, 3.05) is 18.6 Å². The van der Waals surface area contributed by atoms with Crippen LogP contribution in [0.2, 0.25) is 0 Å². The Morgan fingerprint density at radius 3 is 3.00 bits per heavy atom. The summed E-state index contributed by atoms with van der Waals surface area (Å²) in [7, 11) is 1.29. The minimum Gasteiger partial charge on any atom is -0.467 e. The summed E-state index contributed by atoms with van der Waals surface area (Å²) in [5, 5.41) is 4.95. The van der Waals surface area contributed by atoms with Crippen molar-refractivity contribution in [2.24, 2.45) is 5.73 Å². The summed E-state index contributed by atoms with van der Waals surface area (Å²) in [5.74, 6) is -0.665. The summed E-state index contributed by atoms with van der Waals surface area (Å²) in [6.07, 6.45) is 1.76. The van der Waals surface area contributed by atoms with E-state index in [9.17, 15) is 14.4 Å². The fourth-order valence-electron chi connectivity index (χ4n) is 2.64. The number of hydrogen-bond acceptors (Lipinski definition) is 7. The lowest BCUT2D eigenvalue weighted by atomic mass is 10.2. The van der Waals surface area contributed by atoms with Crippen LogP contribution in [0, 0.1) is 0 Å². The Morgan fingerprint density at radius 1 is 1.52 bits per heavy atom. The third-order valence-corrected chi connectivity index (χ3v) is 4.86. The number of rotatable bonds is 5. The topological polar surface area (TPSA) is 115 Å². The number of hydrogen-bond donors (Lipinski definition) is 2. The number of esters is 1. The van der Waals surface area contributed by atoms with Crippen LogP contribution in [0.15, 0.2) is 28.2 Å². The largest absolute Gasteiger partial charge is 0.467 e. The minimum absolute atomic E-state index is 0.193. The molecule has 0 saturated carbocycles. The van der Waals surface area contributed by atoms with E-state index in [4.69, 9.17) is 14.9 Å². The Balaban J connectivity index is 1.71. The van der Waals surface area contributed by atoms with Gasteiger partial charge in [-0.25, -0.2) is 4.79 Å². The Bertz CT molecular complexity index is 812. The number of carbonyl (C=O) groups excluding carboxylic acids is 3. The second kappa shape index (κ2) is 7.08. The molecule has 2 aromatic rings. The molecule has 2 aromatic heterocycles. The van der Waals surface area contributed by atoms with Crippen molar-refractivity contribution in [1.29, 1.82) is 0 Å². The van der Waals surface area contributed by atoms with Gasteiger partial charge in [-0.3, -0.25) is 9.59 Å². The van der Waals surface area contributed by atoms with Crippen LogP contribution in [0.3, 0.4) is 0 Å². The molecule has 1 fully saturated rings. The number of nitrogens with zero attached hydrogens (tertiary/aromatic N) is 1. The summed E-state index contributed by atoms with van der Waals surface area (Å²) < 4.78 is 9.86. The predicted octanol–water partition coefficient (Wildman–Crippen LogP) is 1.12. The molecule has 8 nitrogen and oxygen atoms in total. The number of amides is 2. The van der Waals surface area contributed by atoms with Crippen LogP contribution in [-0.2, 0) is 16.1 Å². The second-order valence-electron chi connectivity index (χ2n) is 5.44. The standard InChI is InChI=1S/C16H17N3O5S/c1-23-16(22)11-3-5-25-15(11)19-4-2-12(14(19)21)18-13(20)9-6-10(7-17)24-8-9/h3,5-6,8,12H,2,4,7,17H2,1H3,(H,18,20). The quantitative estimate of drug-likeness (QED) is 0.770. The van der Waals surface area contributed by atoms with Gasteiger partial charge in [0.1, 0.15) is 23.1 Å². The Morgan fingerprint density at radius 2 is 2.32 bits per heavy atom. The molecule has 3 heterocycles. The third kappa shape index (κ3) is 3.28. The number of nitrogens with one attached hydrogen (secondary N) is 1. The number of anilines is 1. The number of carbonyl (C=O) groups is 3. The van der Waals surface area contributed by atoms with Gasteiger partial charge in [0.25, 0.3) is 5.91 Å². The van der Waals surface area contributed by atoms with Crippen LogP contribution in [0.1, 0.15) is 32.9 Å². The molecule has 25 heavy (non-hydrogen) atoms. The van der Waals surface area contributed by atoms with Crippen molar-refractivity contribution in [3.05, 3.63) is 40.7 Å². The molecule has 1 aliphatic heterocycles. The lowest BCUT2D eigenvalue weighted by molar-refractivity contribution is -0.118. The summed E-state index contributed by atoms with van der Waals surface area (Å²) in [6.45, 7) is 0.603. The zero-order valence-electron chi connectivity index (χ0n) is 13.5. The van der Waals surface area contributed by atoms with Crippen molar-refractivity contribution in [2.45, 2.75) is 19.0 Å². The Labute approximate surface area is 147 Å². The molecule has 3 rings (SSSR count). The van der Waals surface area contributed by atoms with Crippen LogP contribution >= 0.6 is 11.3 Å². The van der Waals surface area contributed by atoms with E-state index >= 15 is 0 Å². The first-order valence-electron chi connectivity index (χ1n) is 7.60.